The minimum Gasteiger partial charge on any atom is -0.481 e. The van der Waals surface area contributed by atoms with Gasteiger partial charge in [0.1, 0.15) is 60.7 Å². The van der Waals surface area contributed by atoms with E-state index in [1.54, 1.807) is 0 Å². The zero-order valence-corrected chi connectivity index (χ0v) is 48.2. The number of aliphatic hydroxyl groups excluding tert-OH is 16. The average molecular weight is 1280 g/mol. The molecule has 0 rings (SSSR count). The number of carbonyl (C=O) groups is 11. The minimum absolute atomic E-state index is 0.271. The molecule has 0 spiro atoms. The highest BCUT2D eigenvalue weighted by molar-refractivity contribution is 5.98. The Kier molecular flexibility index (Phi) is 38.0. The second kappa shape index (κ2) is 41.0. The van der Waals surface area contributed by atoms with Crippen LogP contribution in [0.2, 0.25) is 0 Å². The SMILES string of the molecule is CCC(=O)C[C@H](C(=O)N[C@@H](CCC(=O)O)C(=O)C[C@H](C(=O)N[C@@H](CCCN=C(N)N)C(=O)C[C@H](C(=O)N[C@@H](CCC(=O)O)C(=O)C[C@H](C(=O)N[C@@H](CC)C(=O)O)[C@@H](O)[C@H](O)[C@H](O)CO)[C@@H](O)[C@H](O)[C@H](O)CO)[C@@H](O)[C@H](O)[C@H](O)CO)[C@@H](O)[C@H](O)[C@H](O)CO. The van der Waals surface area contributed by atoms with Crippen LogP contribution in [0.25, 0.3) is 0 Å². The van der Waals surface area contributed by atoms with E-state index in [4.69, 9.17) is 11.5 Å². The lowest BCUT2D eigenvalue weighted by atomic mass is 9.84. The van der Waals surface area contributed by atoms with Crippen LogP contribution in [0.3, 0.4) is 0 Å². The predicted octanol–water partition coefficient (Wildman–Crippen LogP) is -11.8. The van der Waals surface area contributed by atoms with Crippen molar-refractivity contribution in [2.45, 2.75) is 188 Å². The Balaban J connectivity index is 7.96. The molecule has 37 nitrogen and oxygen atoms in total. The number of carboxylic acid groups (broad SMARTS) is 3. The summed E-state index contributed by atoms with van der Waals surface area (Å²) in [4.78, 5) is 151. The smallest absolute Gasteiger partial charge is 0.326 e. The first-order valence-electron chi connectivity index (χ1n) is 27.6. The standard InChI is InChI=1S/C51H87N7O30/c1-3-20(63)12-21(38(75)42(79)32(67)16-59)46(83)57-27(7-9-36(71)72)31(66)15-24(41(78)45(82)35(70)19-62)48(85)56-26(6-5-11-54-51(52)53)29(64)13-23(40(77)44(81)34(69)18-61)49(86)58-28(8-10-37(73)74)30(65)14-22(39(76)43(80)33(68)17-60)47(84)55-25(4-2)50(87)88/h21-28,32-35,38-45,59-62,67-70,75-82H,3-19H2,1-2H3,(H,55,84)(H,56,85)(H,57,83)(H,58,86)(H,71,72)(H,73,74)(H,87,88)(H4,52,53,54)/t21-,22-,23-,24-,25-,26-,27-,28-,32+,33+,34+,35+,38+,39+,40+,41+,42+,43+,44+,45+/m0/s1. The maximum absolute atomic E-state index is 14.6. The van der Waals surface area contributed by atoms with Crippen molar-refractivity contribution in [3.05, 3.63) is 0 Å². The van der Waals surface area contributed by atoms with Crippen LogP contribution in [-0.2, 0) is 52.7 Å². The van der Waals surface area contributed by atoms with Crippen LogP contribution in [0.4, 0.5) is 0 Å². The normalized spacial score (nSPS) is 18.5. The molecule has 4 amide bonds. The zero-order chi connectivity index (χ0) is 68.0. The van der Waals surface area contributed by atoms with Gasteiger partial charge in [0, 0.05) is 51.5 Å². The molecule has 0 radical (unpaired) electrons. The predicted molar refractivity (Wildman–Crippen MR) is 292 cm³/mol. The molecule has 0 aliphatic rings. The summed E-state index contributed by atoms with van der Waals surface area (Å²) in [5, 5.41) is 203. The number of aliphatic hydroxyl groups is 16. The van der Waals surface area contributed by atoms with E-state index in [2.05, 4.69) is 15.6 Å². The Hall–Kier alpha value is -6.40. The fourth-order valence-corrected chi connectivity index (χ4v) is 8.67. The molecule has 506 valence electrons. The highest BCUT2D eigenvalue weighted by atomic mass is 16.4. The summed E-state index contributed by atoms with van der Waals surface area (Å²) in [6, 6.07) is -8.06. The molecule has 0 aromatic heterocycles. The van der Waals surface area contributed by atoms with Gasteiger partial charge in [0.05, 0.1) is 92.6 Å². The first-order chi connectivity index (χ1) is 41.0. The minimum atomic E-state index is -2.71. The van der Waals surface area contributed by atoms with Gasteiger partial charge in [-0.15, -0.1) is 0 Å². The summed E-state index contributed by atoms with van der Waals surface area (Å²) < 4.78 is 0. The van der Waals surface area contributed by atoms with Gasteiger partial charge in [-0.3, -0.25) is 52.9 Å². The number of nitrogens with one attached hydrogen (secondary N) is 4. The van der Waals surface area contributed by atoms with E-state index in [1.807, 2.05) is 10.6 Å². The molecular weight excluding hydrogens is 1190 g/mol. The maximum atomic E-state index is 14.6. The number of rotatable bonds is 48. The summed E-state index contributed by atoms with van der Waals surface area (Å²) in [5.74, 6) is -25.9. The Morgan fingerprint density at radius 3 is 0.909 bits per heavy atom. The zero-order valence-electron chi connectivity index (χ0n) is 48.2. The lowest BCUT2D eigenvalue weighted by Crippen LogP contribution is -2.55. The van der Waals surface area contributed by atoms with E-state index < -0.39 is 276 Å². The van der Waals surface area contributed by atoms with Gasteiger partial charge in [0.25, 0.3) is 0 Å². The van der Waals surface area contributed by atoms with Gasteiger partial charge in [0.15, 0.2) is 23.3 Å². The van der Waals surface area contributed by atoms with Gasteiger partial charge in [-0.25, -0.2) is 4.79 Å². The number of nitrogens with two attached hydrogens (primary N) is 2. The summed E-state index contributed by atoms with van der Waals surface area (Å²) in [6.45, 7) is -2.81. The molecule has 88 heavy (non-hydrogen) atoms. The van der Waals surface area contributed by atoms with Crippen molar-refractivity contribution in [3.63, 3.8) is 0 Å². The molecule has 27 N–H and O–H groups in total. The van der Waals surface area contributed by atoms with Gasteiger partial charge < -0.3 is 130 Å². The number of hydrogen-bond acceptors (Lipinski definition) is 28. The Bertz CT molecular complexity index is 2310. The van der Waals surface area contributed by atoms with Gasteiger partial charge in [-0.05, 0) is 32.1 Å². The number of guanidine groups is 1. The summed E-state index contributed by atoms with van der Waals surface area (Å²) in [5.41, 5.74) is 10.8. The molecule has 0 heterocycles. The van der Waals surface area contributed by atoms with Gasteiger partial charge in [0.2, 0.25) is 23.6 Å². The molecule has 0 saturated carbocycles. The third kappa shape index (κ3) is 27.1. The Labute approximate surface area is 502 Å². The molecule has 0 unspecified atom stereocenters. The number of carbonyl (C=O) groups excluding carboxylic acids is 8. The molecule has 0 aromatic rings. The van der Waals surface area contributed by atoms with Crippen LogP contribution in [0, 0.1) is 23.7 Å². The molecule has 0 aliphatic heterocycles. The fraction of sp³-hybridized carbons (Fsp3) is 0.765. The average Bonchev–Trinajstić information content (AvgIpc) is 2.17. The summed E-state index contributed by atoms with van der Waals surface area (Å²) >= 11 is 0. The van der Waals surface area contributed by atoms with Crippen LogP contribution < -0.4 is 32.7 Å². The van der Waals surface area contributed by atoms with Gasteiger partial charge >= 0.3 is 17.9 Å². The van der Waals surface area contributed by atoms with Crippen LogP contribution in [-0.4, -0.2) is 298 Å². The van der Waals surface area contributed by atoms with Crippen LogP contribution >= 0.6 is 0 Å². The van der Waals surface area contributed by atoms with E-state index in [0.29, 0.717) is 0 Å². The van der Waals surface area contributed by atoms with E-state index in [1.165, 1.54) is 13.8 Å². The topological polar surface area (TPSA) is 685 Å². The molecular formula is C51H87N7O30. The number of aliphatic carboxylic acids is 3. The van der Waals surface area contributed by atoms with Crippen LogP contribution in [0.15, 0.2) is 4.99 Å². The number of aliphatic imine (C=N–C) groups is 1. The van der Waals surface area contributed by atoms with Crippen molar-refractivity contribution in [1.82, 2.24) is 21.3 Å². The largest absolute Gasteiger partial charge is 0.481 e. The summed E-state index contributed by atoms with van der Waals surface area (Å²) in [6.07, 6.45) is -39.6. The first-order valence-corrected chi connectivity index (χ1v) is 27.6. The van der Waals surface area contributed by atoms with E-state index in [-0.39, 0.29) is 25.8 Å². The molecule has 0 aliphatic carbocycles. The number of ketones is 4. The number of hydrogen-bond donors (Lipinski definition) is 25. The highest BCUT2D eigenvalue weighted by Crippen LogP contribution is 2.25. The maximum Gasteiger partial charge on any atom is 0.326 e. The van der Waals surface area contributed by atoms with E-state index in [9.17, 15) is 150 Å². The second-order valence-electron chi connectivity index (χ2n) is 20.8. The van der Waals surface area contributed by atoms with Crippen molar-refractivity contribution in [2.24, 2.45) is 40.1 Å². The Morgan fingerprint density at radius 2 is 0.670 bits per heavy atom. The number of nitrogens with zero attached hydrogens (tertiary/aromatic N) is 1. The highest BCUT2D eigenvalue weighted by Gasteiger charge is 2.45. The van der Waals surface area contributed by atoms with Crippen LogP contribution in [0.1, 0.15) is 90.9 Å². The number of Topliss-reactive ketones (excluding diaryl/α,β-unsaturated/α-hetero) is 4. The van der Waals surface area contributed by atoms with Crippen molar-refractivity contribution >= 4 is 70.6 Å². The first kappa shape index (κ1) is 81.6. The quantitative estimate of drug-likeness (QED) is 0.0153. The van der Waals surface area contributed by atoms with Crippen molar-refractivity contribution < 1.29 is 150 Å². The lowest BCUT2D eigenvalue weighted by molar-refractivity contribution is -0.149. The lowest BCUT2D eigenvalue weighted by Gasteiger charge is -2.32. The fourth-order valence-electron chi connectivity index (χ4n) is 8.67. The van der Waals surface area contributed by atoms with Gasteiger partial charge in [-0.2, -0.15) is 0 Å². The van der Waals surface area contributed by atoms with E-state index >= 15 is 0 Å². The van der Waals surface area contributed by atoms with Crippen LogP contribution in [0.5, 0.6) is 0 Å². The van der Waals surface area contributed by atoms with Crippen molar-refractivity contribution in [3.8, 4) is 0 Å². The van der Waals surface area contributed by atoms with Crippen molar-refractivity contribution in [2.75, 3.05) is 33.0 Å². The molecule has 0 bridgehead atoms. The summed E-state index contributed by atoms with van der Waals surface area (Å²) in [7, 11) is 0. The van der Waals surface area contributed by atoms with E-state index in [0.717, 1.165) is 0 Å². The molecule has 37 heteroatoms. The number of carboxylic acids is 3. The second-order valence-corrected chi connectivity index (χ2v) is 20.8. The monoisotopic (exact) mass is 1280 g/mol. The molecule has 0 fully saturated rings. The third-order valence-corrected chi connectivity index (χ3v) is 14.2. The van der Waals surface area contributed by atoms with Crippen molar-refractivity contribution in [1.29, 1.82) is 0 Å². The molecule has 0 aromatic carbocycles. The number of amides is 4. The van der Waals surface area contributed by atoms with Gasteiger partial charge in [-0.1, -0.05) is 13.8 Å². The molecule has 20 atom stereocenters. The molecule has 0 saturated heterocycles. The third-order valence-electron chi connectivity index (χ3n) is 14.2. The Morgan fingerprint density at radius 1 is 0.398 bits per heavy atom.